The van der Waals surface area contributed by atoms with Crippen molar-refractivity contribution in [2.24, 2.45) is 0 Å². The molecule has 2 heterocycles. The topological polar surface area (TPSA) is 97.8 Å². The Morgan fingerprint density at radius 2 is 1.92 bits per heavy atom. The number of anilines is 2. The monoisotopic (exact) mass is 509 g/mol. The van der Waals surface area contributed by atoms with E-state index in [-0.39, 0.29) is 30.2 Å². The number of nitrogens with zero attached hydrogens (tertiary/aromatic N) is 3. The molecule has 4 rings (SSSR count). The average Bonchev–Trinajstić information content (AvgIpc) is 2.86. The smallest absolute Gasteiger partial charge is 0.416 e. The minimum absolute atomic E-state index is 0.0268. The lowest BCUT2D eigenvalue weighted by molar-refractivity contribution is -0.137. The van der Waals surface area contributed by atoms with E-state index in [1.54, 1.807) is 19.2 Å². The van der Waals surface area contributed by atoms with Crippen LogP contribution in [0.3, 0.4) is 0 Å². The summed E-state index contributed by atoms with van der Waals surface area (Å²) in [6.07, 6.45) is -0.157. The Morgan fingerprint density at radius 1 is 1.17 bits per heavy atom. The molecule has 1 aliphatic carbocycles. The number of carbonyl (C=O) groups is 1. The average molecular weight is 510 g/mol. The summed E-state index contributed by atoms with van der Waals surface area (Å²) in [6.45, 7) is 4.71. The van der Waals surface area contributed by atoms with Crippen molar-refractivity contribution in [2.45, 2.75) is 50.9 Å². The van der Waals surface area contributed by atoms with Crippen LogP contribution in [0.4, 0.5) is 29.6 Å². The molecule has 2 aliphatic rings. The summed E-state index contributed by atoms with van der Waals surface area (Å²) in [5.41, 5.74) is -0.888. The molecule has 9 nitrogen and oxygen atoms in total. The fraction of sp³-hybridized carbons (Fsp3) is 0.542. The van der Waals surface area contributed by atoms with E-state index in [1.165, 1.54) is 6.07 Å². The number of hydrogen-bond acceptors (Lipinski definition) is 7. The van der Waals surface area contributed by atoms with Crippen molar-refractivity contribution in [2.75, 3.05) is 43.1 Å². The molecule has 1 aromatic heterocycles. The zero-order valence-corrected chi connectivity index (χ0v) is 20.0. The minimum atomic E-state index is -4.53. The molecule has 1 aromatic carbocycles. The number of rotatable bonds is 7. The van der Waals surface area contributed by atoms with Gasteiger partial charge in [-0.3, -0.25) is 0 Å². The summed E-state index contributed by atoms with van der Waals surface area (Å²) in [5, 5.41) is 5.35. The molecule has 0 spiro atoms. The number of urea groups is 1. The molecular formula is C24H30F3N5O4. The molecule has 196 valence electrons. The van der Waals surface area contributed by atoms with E-state index in [1.807, 2.05) is 0 Å². The second-order valence-corrected chi connectivity index (χ2v) is 8.63. The second kappa shape index (κ2) is 11.6. The van der Waals surface area contributed by atoms with Gasteiger partial charge in [0.05, 0.1) is 31.1 Å². The summed E-state index contributed by atoms with van der Waals surface area (Å²) in [7, 11) is 0. The van der Waals surface area contributed by atoms with Crippen LogP contribution in [-0.4, -0.2) is 61.1 Å². The highest BCUT2D eigenvalue weighted by Gasteiger charge is 2.32. The van der Waals surface area contributed by atoms with E-state index in [0.717, 1.165) is 25.2 Å². The van der Waals surface area contributed by atoms with Gasteiger partial charge in [-0.25, -0.2) is 9.78 Å². The van der Waals surface area contributed by atoms with Crippen LogP contribution in [0.15, 0.2) is 30.5 Å². The Morgan fingerprint density at radius 3 is 2.61 bits per heavy atom. The molecule has 1 saturated carbocycles. The molecule has 0 radical (unpaired) electrons. The first kappa shape index (κ1) is 25.8. The standard InChI is InChI=1S/C24H30F3N5O4/c1-2-35-20-8-3-16(24(25,26)27)15-19(20)30-23(33)29-17-4-6-18(7-5-17)36-21-9-10-28-22(31-21)32-11-13-34-14-12-32/h3,8-10,15,17-18H,2,4-7,11-14H2,1H3,(H2,29,30,33). The van der Waals surface area contributed by atoms with Gasteiger partial charge in [-0.2, -0.15) is 18.2 Å². The summed E-state index contributed by atoms with van der Waals surface area (Å²) >= 11 is 0. The van der Waals surface area contributed by atoms with Gasteiger partial charge in [0, 0.05) is 31.4 Å². The maximum absolute atomic E-state index is 13.1. The SMILES string of the molecule is CCOc1ccc(C(F)(F)F)cc1NC(=O)NC1CCC(Oc2ccnc(N3CCOCC3)n2)CC1. The summed E-state index contributed by atoms with van der Waals surface area (Å²) in [5.74, 6) is 1.30. The molecule has 2 N–H and O–H groups in total. The number of benzene rings is 1. The lowest BCUT2D eigenvalue weighted by Crippen LogP contribution is -2.42. The van der Waals surface area contributed by atoms with Crippen molar-refractivity contribution >= 4 is 17.7 Å². The van der Waals surface area contributed by atoms with Crippen LogP contribution in [0.2, 0.25) is 0 Å². The van der Waals surface area contributed by atoms with Crippen molar-refractivity contribution in [3.63, 3.8) is 0 Å². The highest BCUT2D eigenvalue weighted by atomic mass is 19.4. The molecule has 2 fully saturated rings. The molecular weight excluding hydrogens is 479 g/mol. The predicted octanol–water partition coefficient (Wildman–Crippen LogP) is 4.24. The van der Waals surface area contributed by atoms with Gasteiger partial charge in [-0.05, 0) is 50.8 Å². The fourth-order valence-electron chi connectivity index (χ4n) is 4.24. The third-order valence-corrected chi connectivity index (χ3v) is 6.06. The van der Waals surface area contributed by atoms with Crippen molar-refractivity contribution in [1.29, 1.82) is 0 Å². The van der Waals surface area contributed by atoms with E-state index in [4.69, 9.17) is 14.2 Å². The third-order valence-electron chi connectivity index (χ3n) is 6.06. The van der Waals surface area contributed by atoms with E-state index >= 15 is 0 Å². The number of ether oxygens (including phenoxy) is 3. The van der Waals surface area contributed by atoms with Crippen LogP contribution in [-0.2, 0) is 10.9 Å². The molecule has 36 heavy (non-hydrogen) atoms. The number of aromatic nitrogens is 2. The number of nitrogens with one attached hydrogen (secondary N) is 2. The van der Waals surface area contributed by atoms with Crippen LogP contribution < -0.4 is 25.0 Å². The molecule has 1 saturated heterocycles. The van der Waals surface area contributed by atoms with Gasteiger partial charge in [0.25, 0.3) is 0 Å². The first-order valence-electron chi connectivity index (χ1n) is 12.1. The summed E-state index contributed by atoms with van der Waals surface area (Å²) in [6, 6.07) is 4.04. The number of carbonyl (C=O) groups excluding carboxylic acids is 1. The zero-order valence-electron chi connectivity index (χ0n) is 20.0. The van der Waals surface area contributed by atoms with Crippen molar-refractivity contribution in [1.82, 2.24) is 15.3 Å². The Bertz CT molecular complexity index is 1030. The fourth-order valence-corrected chi connectivity index (χ4v) is 4.24. The normalized spacial score (nSPS) is 20.5. The number of alkyl halides is 3. The van der Waals surface area contributed by atoms with Crippen molar-refractivity contribution < 1.29 is 32.2 Å². The number of hydrogen-bond donors (Lipinski definition) is 2. The first-order chi connectivity index (χ1) is 17.3. The van der Waals surface area contributed by atoms with Crippen LogP contribution in [0.1, 0.15) is 38.2 Å². The van der Waals surface area contributed by atoms with Gasteiger partial charge in [-0.15, -0.1) is 0 Å². The van der Waals surface area contributed by atoms with Crippen LogP contribution in [0.25, 0.3) is 0 Å². The minimum Gasteiger partial charge on any atom is -0.492 e. The van der Waals surface area contributed by atoms with Gasteiger partial charge in [0.1, 0.15) is 11.9 Å². The van der Waals surface area contributed by atoms with Gasteiger partial charge < -0.3 is 29.7 Å². The Kier molecular flexibility index (Phi) is 8.34. The van der Waals surface area contributed by atoms with E-state index in [2.05, 4.69) is 25.5 Å². The molecule has 1 aliphatic heterocycles. The second-order valence-electron chi connectivity index (χ2n) is 8.63. The van der Waals surface area contributed by atoms with E-state index in [9.17, 15) is 18.0 Å². The molecule has 2 aromatic rings. The molecule has 0 atom stereocenters. The van der Waals surface area contributed by atoms with Gasteiger partial charge in [-0.1, -0.05) is 0 Å². The number of morpholine rings is 1. The largest absolute Gasteiger partial charge is 0.492 e. The lowest BCUT2D eigenvalue weighted by atomic mass is 9.93. The highest BCUT2D eigenvalue weighted by Crippen LogP contribution is 2.35. The molecule has 0 bridgehead atoms. The quantitative estimate of drug-likeness (QED) is 0.576. The van der Waals surface area contributed by atoms with Gasteiger partial charge >= 0.3 is 12.2 Å². The molecule has 12 heteroatoms. The molecule has 0 unspecified atom stereocenters. The Balaban J connectivity index is 1.28. The van der Waals surface area contributed by atoms with E-state index in [0.29, 0.717) is 50.7 Å². The summed E-state index contributed by atoms with van der Waals surface area (Å²) < 4.78 is 56.1. The number of amides is 2. The number of halogens is 3. The highest BCUT2D eigenvalue weighted by molar-refractivity contribution is 5.91. The lowest BCUT2D eigenvalue weighted by Gasteiger charge is -2.30. The maximum atomic E-state index is 13.1. The molecule has 2 amide bonds. The van der Waals surface area contributed by atoms with Crippen molar-refractivity contribution in [3.05, 3.63) is 36.0 Å². The van der Waals surface area contributed by atoms with Crippen LogP contribution in [0, 0.1) is 0 Å². The zero-order chi connectivity index (χ0) is 25.5. The summed E-state index contributed by atoms with van der Waals surface area (Å²) in [4.78, 5) is 23.4. The first-order valence-corrected chi connectivity index (χ1v) is 12.1. The van der Waals surface area contributed by atoms with E-state index < -0.39 is 17.8 Å². The Hall–Kier alpha value is -3.28. The maximum Gasteiger partial charge on any atom is 0.416 e. The Labute approximate surface area is 207 Å². The van der Waals surface area contributed by atoms with Gasteiger partial charge in [0.2, 0.25) is 11.8 Å². The van der Waals surface area contributed by atoms with Crippen molar-refractivity contribution in [3.8, 4) is 11.6 Å². The predicted molar refractivity (Wildman–Crippen MR) is 127 cm³/mol. The third kappa shape index (κ3) is 6.90. The van der Waals surface area contributed by atoms with Crippen LogP contribution >= 0.6 is 0 Å². The van der Waals surface area contributed by atoms with Crippen LogP contribution in [0.5, 0.6) is 11.6 Å². The van der Waals surface area contributed by atoms with Gasteiger partial charge in [0.15, 0.2) is 0 Å².